The molecule has 0 aliphatic rings. The molecule has 0 aliphatic heterocycles. The van der Waals surface area contributed by atoms with Gasteiger partial charge >= 0.3 is 7.60 Å². The molecule has 0 amide bonds. The van der Waals surface area contributed by atoms with E-state index in [-0.39, 0.29) is 0 Å². The van der Waals surface area contributed by atoms with Gasteiger partial charge in [0.15, 0.2) is 0 Å². The van der Waals surface area contributed by atoms with Gasteiger partial charge in [0.25, 0.3) is 0 Å². The first kappa shape index (κ1) is 13.3. The van der Waals surface area contributed by atoms with Gasteiger partial charge in [-0.05, 0) is 23.8 Å². The van der Waals surface area contributed by atoms with E-state index < -0.39 is 13.1 Å². The van der Waals surface area contributed by atoms with E-state index in [0.717, 1.165) is 0 Å². The Kier molecular flexibility index (Phi) is 4.56. The van der Waals surface area contributed by atoms with Gasteiger partial charge in [0.2, 0.25) is 5.50 Å². The first-order chi connectivity index (χ1) is 7.51. The lowest BCUT2D eigenvalue weighted by molar-refractivity contribution is 0.262. The highest BCUT2D eigenvalue weighted by Crippen LogP contribution is 2.53. The number of hydrogen-bond donors (Lipinski definition) is 1. The van der Waals surface area contributed by atoms with E-state index in [1.807, 2.05) is 0 Å². The molecular weight excluding hydrogens is 251 g/mol. The summed E-state index contributed by atoms with van der Waals surface area (Å²) in [5, 5.41) is 10.2. The lowest BCUT2D eigenvalue weighted by atomic mass is 10.2. The molecule has 0 fully saturated rings. The first-order valence-electron chi connectivity index (χ1n) is 4.40. The summed E-state index contributed by atoms with van der Waals surface area (Å²) in [4.78, 5) is 0. The van der Waals surface area contributed by atoms with Crippen LogP contribution in [0.25, 0.3) is 6.08 Å². The van der Waals surface area contributed by atoms with Crippen LogP contribution in [0.1, 0.15) is 5.56 Å². The quantitative estimate of drug-likeness (QED) is 0.664. The van der Waals surface area contributed by atoms with Crippen LogP contribution in [0.15, 0.2) is 29.8 Å². The standard InChI is InChI=1S/C10H12ClO4P/c1-14-16(13,15-2)10(12)7-8-3-5-9(11)6-4-8/h3-7,12H,1-2H3/b10-7+. The minimum atomic E-state index is -3.57. The van der Waals surface area contributed by atoms with E-state index in [1.54, 1.807) is 24.3 Å². The van der Waals surface area contributed by atoms with Gasteiger partial charge in [-0.3, -0.25) is 4.57 Å². The summed E-state index contributed by atoms with van der Waals surface area (Å²) in [5.41, 5.74) is 0.205. The maximum atomic E-state index is 11.7. The SMILES string of the molecule is COP(=O)(OC)/C(O)=C/c1ccc(Cl)cc1. The Bertz CT molecular complexity index is 419. The summed E-state index contributed by atoms with van der Waals surface area (Å²) < 4.78 is 21.0. The van der Waals surface area contributed by atoms with Crippen LogP contribution in [-0.2, 0) is 13.6 Å². The molecule has 1 aromatic rings. The van der Waals surface area contributed by atoms with Crippen LogP contribution in [0.2, 0.25) is 5.02 Å². The topological polar surface area (TPSA) is 55.8 Å². The molecule has 88 valence electrons. The summed E-state index contributed by atoms with van der Waals surface area (Å²) in [6.07, 6.45) is 1.31. The highest BCUT2D eigenvalue weighted by molar-refractivity contribution is 7.58. The number of aliphatic hydroxyl groups excluding tert-OH is 1. The molecule has 16 heavy (non-hydrogen) atoms. The van der Waals surface area contributed by atoms with Crippen molar-refractivity contribution in [2.24, 2.45) is 0 Å². The van der Waals surface area contributed by atoms with E-state index in [4.69, 9.17) is 11.6 Å². The Morgan fingerprint density at radius 2 is 1.81 bits per heavy atom. The average molecular weight is 263 g/mol. The smallest absolute Gasteiger partial charge is 0.394 e. The highest BCUT2D eigenvalue weighted by atomic mass is 35.5. The van der Waals surface area contributed by atoms with Crippen LogP contribution < -0.4 is 0 Å². The molecule has 0 heterocycles. The van der Waals surface area contributed by atoms with E-state index in [0.29, 0.717) is 10.6 Å². The maximum Gasteiger partial charge on any atom is 0.394 e. The van der Waals surface area contributed by atoms with Crippen molar-refractivity contribution in [3.05, 3.63) is 40.4 Å². The van der Waals surface area contributed by atoms with E-state index in [1.165, 1.54) is 20.3 Å². The molecule has 0 unspecified atom stereocenters. The molecule has 0 spiro atoms. The van der Waals surface area contributed by atoms with Gasteiger partial charge in [0.1, 0.15) is 0 Å². The third-order valence-electron chi connectivity index (χ3n) is 1.93. The fourth-order valence-electron chi connectivity index (χ4n) is 1.05. The van der Waals surface area contributed by atoms with E-state index >= 15 is 0 Å². The molecule has 0 saturated heterocycles. The fourth-order valence-corrected chi connectivity index (χ4v) is 2.01. The van der Waals surface area contributed by atoms with Gasteiger partial charge in [0.05, 0.1) is 0 Å². The van der Waals surface area contributed by atoms with Crippen LogP contribution in [0.3, 0.4) is 0 Å². The molecule has 1 aromatic carbocycles. The monoisotopic (exact) mass is 262 g/mol. The van der Waals surface area contributed by atoms with E-state index in [9.17, 15) is 9.67 Å². The summed E-state index contributed by atoms with van der Waals surface area (Å²) in [6.45, 7) is 0. The van der Waals surface area contributed by atoms with Gasteiger partial charge in [-0.15, -0.1) is 0 Å². The molecule has 1 N–H and O–H groups in total. The Morgan fingerprint density at radius 1 is 1.31 bits per heavy atom. The van der Waals surface area contributed by atoms with Crippen LogP contribution >= 0.6 is 19.2 Å². The Labute approximate surface area is 99.0 Å². The molecule has 0 saturated carbocycles. The second-order valence-corrected chi connectivity index (χ2v) is 5.54. The summed E-state index contributed by atoms with van der Waals surface area (Å²) in [6, 6.07) is 6.67. The molecule has 4 nitrogen and oxygen atoms in total. The van der Waals surface area contributed by atoms with Gasteiger partial charge in [-0.2, -0.15) is 0 Å². The Hall–Kier alpha value is -0.800. The lowest BCUT2D eigenvalue weighted by Crippen LogP contribution is -1.92. The predicted octanol–water partition coefficient (Wildman–Crippen LogP) is 3.68. The molecule has 0 aromatic heterocycles. The van der Waals surface area contributed by atoms with Crippen LogP contribution in [0.4, 0.5) is 0 Å². The zero-order valence-electron chi connectivity index (χ0n) is 8.88. The summed E-state index contributed by atoms with van der Waals surface area (Å²) >= 11 is 5.71. The number of halogens is 1. The second kappa shape index (κ2) is 5.51. The molecule has 0 radical (unpaired) electrons. The molecule has 0 bridgehead atoms. The normalized spacial score (nSPS) is 12.8. The van der Waals surface area contributed by atoms with Gasteiger partial charge in [0, 0.05) is 19.2 Å². The number of hydrogen-bond acceptors (Lipinski definition) is 4. The molecule has 0 aliphatic carbocycles. The van der Waals surface area contributed by atoms with Crippen molar-refractivity contribution in [2.45, 2.75) is 0 Å². The zero-order chi connectivity index (χ0) is 12.2. The maximum absolute atomic E-state index is 11.7. The van der Waals surface area contributed by atoms with E-state index in [2.05, 4.69) is 9.05 Å². The van der Waals surface area contributed by atoms with Crippen LogP contribution in [0.5, 0.6) is 0 Å². The van der Waals surface area contributed by atoms with Crippen molar-refractivity contribution < 1.29 is 18.7 Å². The van der Waals surface area contributed by atoms with Crippen molar-refractivity contribution in [1.29, 1.82) is 0 Å². The fraction of sp³-hybridized carbons (Fsp3) is 0.200. The van der Waals surface area contributed by atoms with Crippen LogP contribution in [-0.4, -0.2) is 19.3 Å². The van der Waals surface area contributed by atoms with Gasteiger partial charge in [-0.25, -0.2) is 0 Å². The average Bonchev–Trinajstić information content (AvgIpc) is 2.31. The van der Waals surface area contributed by atoms with Crippen molar-refractivity contribution in [3.63, 3.8) is 0 Å². The number of benzene rings is 1. The Morgan fingerprint density at radius 3 is 2.25 bits per heavy atom. The van der Waals surface area contributed by atoms with Crippen molar-refractivity contribution in [3.8, 4) is 0 Å². The minimum Gasteiger partial charge on any atom is -0.501 e. The van der Waals surface area contributed by atoms with Gasteiger partial charge < -0.3 is 14.2 Å². The van der Waals surface area contributed by atoms with Crippen molar-refractivity contribution >= 4 is 25.3 Å². The zero-order valence-corrected chi connectivity index (χ0v) is 10.5. The predicted molar refractivity (Wildman–Crippen MR) is 63.7 cm³/mol. The largest absolute Gasteiger partial charge is 0.501 e. The molecular formula is C10H12ClO4P. The highest BCUT2D eigenvalue weighted by Gasteiger charge is 2.27. The van der Waals surface area contributed by atoms with Crippen molar-refractivity contribution in [2.75, 3.05) is 14.2 Å². The number of aliphatic hydroxyl groups is 1. The second-order valence-electron chi connectivity index (χ2n) is 2.92. The molecule has 0 atom stereocenters. The van der Waals surface area contributed by atoms with Gasteiger partial charge in [-0.1, -0.05) is 23.7 Å². The number of rotatable bonds is 4. The third-order valence-corrected chi connectivity index (χ3v) is 3.83. The van der Waals surface area contributed by atoms with Crippen molar-refractivity contribution in [1.82, 2.24) is 0 Å². The summed E-state index contributed by atoms with van der Waals surface area (Å²) in [7, 11) is -1.16. The molecule has 1 rings (SSSR count). The lowest BCUT2D eigenvalue weighted by Gasteiger charge is -2.12. The minimum absolute atomic E-state index is 0.445. The molecule has 6 heteroatoms. The Balaban J connectivity index is 3.00. The summed E-state index contributed by atoms with van der Waals surface area (Å²) in [5.74, 6) is 0. The third kappa shape index (κ3) is 3.09. The van der Waals surface area contributed by atoms with Crippen LogP contribution in [0, 0.1) is 0 Å². The first-order valence-corrected chi connectivity index (χ1v) is 6.32.